The Morgan fingerprint density at radius 1 is 1.11 bits per heavy atom. The molecule has 2 aromatic carbocycles. The molecule has 1 atom stereocenters. The lowest BCUT2D eigenvalue weighted by atomic mass is 9.85. The topological polar surface area (TPSA) is 29.1 Å². The Kier molecular flexibility index (Phi) is 2.59. The van der Waals surface area contributed by atoms with Crippen LogP contribution in [0.3, 0.4) is 0 Å². The van der Waals surface area contributed by atoms with Crippen LogP contribution in [0.15, 0.2) is 48.5 Å². The van der Waals surface area contributed by atoms with Gasteiger partial charge in [-0.3, -0.25) is 4.79 Å². The van der Waals surface area contributed by atoms with Gasteiger partial charge in [-0.05, 0) is 23.3 Å². The number of halogens is 1. The molecule has 0 spiro atoms. The van der Waals surface area contributed by atoms with E-state index < -0.39 is 0 Å². The highest BCUT2D eigenvalue weighted by Gasteiger charge is 2.26. The summed E-state index contributed by atoms with van der Waals surface area (Å²) in [5, 5.41) is 2.72. The van der Waals surface area contributed by atoms with E-state index in [2.05, 4.69) is 5.32 Å². The van der Waals surface area contributed by atoms with Crippen molar-refractivity contribution < 1.29 is 9.18 Å². The van der Waals surface area contributed by atoms with Crippen LogP contribution in [0.5, 0.6) is 0 Å². The average molecular weight is 241 g/mol. The molecule has 0 radical (unpaired) electrons. The first-order chi connectivity index (χ1) is 8.74. The van der Waals surface area contributed by atoms with Crippen molar-refractivity contribution in [2.24, 2.45) is 0 Å². The number of carbonyl (C=O) groups excluding carboxylic acids is 1. The molecule has 18 heavy (non-hydrogen) atoms. The highest BCUT2D eigenvalue weighted by Crippen LogP contribution is 2.37. The fourth-order valence-electron chi connectivity index (χ4n) is 2.42. The van der Waals surface area contributed by atoms with Crippen LogP contribution in [0.2, 0.25) is 0 Å². The molecule has 0 bridgehead atoms. The van der Waals surface area contributed by atoms with Crippen molar-refractivity contribution in [3.63, 3.8) is 0 Å². The van der Waals surface area contributed by atoms with Crippen molar-refractivity contribution in [3.05, 3.63) is 65.5 Å². The fourth-order valence-corrected chi connectivity index (χ4v) is 2.42. The van der Waals surface area contributed by atoms with E-state index in [1.54, 1.807) is 6.07 Å². The van der Waals surface area contributed by atoms with Gasteiger partial charge in [0.2, 0.25) is 5.91 Å². The molecule has 1 amide bonds. The Bertz CT molecular complexity index is 595. The molecule has 0 saturated heterocycles. The SMILES string of the molecule is O=C1C[C@@H](c2ccccc2)c2ccc(F)cc2N1. The zero-order chi connectivity index (χ0) is 12.5. The maximum atomic E-state index is 13.2. The zero-order valence-electron chi connectivity index (χ0n) is 9.69. The first-order valence-electron chi connectivity index (χ1n) is 5.88. The molecule has 1 aliphatic rings. The molecule has 90 valence electrons. The molecule has 1 heterocycles. The van der Waals surface area contributed by atoms with Crippen molar-refractivity contribution >= 4 is 11.6 Å². The van der Waals surface area contributed by atoms with E-state index >= 15 is 0 Å². The van der Waals surface area contributed by atoms with E-state index in [-0.39, 0.29) is 17.6 Å². The van der Waals surface area contributed by atoms with E-state index in [0.29, 0.717) is 12.1 Å². The third-order valence-electron chi connectivity index (χ3n) is 3.26. The van der Waals surface area contributed by atoms with E-state index in [4.69, 9.17) is 0 Å². The van der Waals surface area contributed by atoms with Gasteiger partial charge in [0, 0.05) is 18.0 Å². The molecular weight excluding hydrogens is 229 g/mol. The van der Waals surface area contributed by atoms with Crippen LogP contribution in [0.4, 0.5) is 10.1 Å². The number of amides is 1. The molecule has 1 aliphatic heterocycles. The number of nitrogens with one attached hydrogen (secondary N) is 1. The molecule has 1 N–H and O–H groups in total. The van der Waals surface area contributed by atoms with Crippen molar-refractivity contribution in [1.82, 2.24) is 0 Å². The Morgan fingerprint density at radius 2 is 1.89 bits per heavy atom. The summed E-state index contributed by atoms with van der Waals surface area (Å²) >= 11 is 0. The van der Waals surface area contributed by atoms with Crippen molar-refractivity contribution in [2.45, 2.75) is 12.3 Å². The van der Waals surface area contributed by atoms with Crippen molar-refractivity contribution in [2.75, 3.05) is 5.32 Å². The quantitative estimate of drug-likeness (QED) is 0.815. The monoisotopic (exact) mass is 241 g/mol. The largest absolute Gasteiger partial charge is 0.326 e. The van der Waals surface area contributed by atoms with Crippen molar-refractivity contribution in [3.8, 4) is 0 Å². The molecule has 2 aromatic rings. The Labute approximate surface area is 104 Å². The minimum atomic E-state index is -0.331. The molecule has 3 rings (SSSR count). The van der Waals surface area contributed by atoms with Gasteiger partial charge in [-0.15, -0.1) is 0 Å². The van der Waals surface area contributed by atoms with Crippen LogP contribution in [0.25, 0.3) is 0 Å². The molecule has 0 aromatic heterocycles. The van der Waals surface area contributed by atoms with Gasteiger partial charge in [-0.1, -0.05) is 36.4 Å². The number of anilines is 1. The highest BCUT2D eigenvalue weighted by atomic mass is 19.1. The van der Waals surface area contributed by atoms with Gasteiger partial charge in [0.1, 0.15) is 5.82 Å². The van der Waals surface area contributed by atoms with Crippen molar-refractivity contribution in [1.29, 1.82) is 0 Å². The summed E-state index contributed by atoms with van der Waals surface area (Å²) in [7, 11) is 0. The minimum Gasteiger partial charge on any atom is -0.326 e. The van der Waals surface area contributed by atoms with Gasteiger partial charge < -0.3 is 5.32 Å². The molecule has 0 saturated carbocycles. The van der Waals surface area contributed by atoms with Gasteiger partial charge in [0.05, 0.1) is 0 Å². The Morgan fingerprint density at radius 3 is 2.67 bits per heavy atom. The van der Waals surface area contributed by atoms with Gasteiger partial charge in [-0.2, -0.15) is 0 Å². The van der Waals surface area contributed by atoms with Gasteiger partial charge in [0.25, 0.3) is 0 Å². The van der Waals surface area contributed by atoms with E-state index in [1.807, 2.05) is 30.3 Å². The smallest absolute Gasteiger partial charge is 0.225 e. The maximum absolute atomic E-state index is 13.2. The summed E-state index contributed by atoms with van der Waals surface area (Å²) in [4.78, 5) is 11.7. The summed E-state index contributed by atoms with van der Waals surface area (Å²) in [5.74, 6) is -0.389. The van der Waals surface area contributed by atoms with Crippen LogP contribution >= 0.6 is 0 Å². The van der Waals surface area contributed by atoms with Crippen LogP contribution in [0.1, 0.15) is 23.5 Å². The normalized spacial score (nSPS) is 18.1. The first kappa shape index (κ1) is 11.0. The maximum Gasteiger partial charge on any atom is 0.225 e. The standard InChI is InChI=1S/C15H12FNO/c16-11-6-7-12-13(10-4-2-1-3-5-10)9-15(18)17-14(12)8-11/h1-8,13H,9H2,(H,17,18)/t13-/m0/s1. The lowest BCUT2D eigenvalue weighted by Crippen LogP contribution is -2.23. The van der Waals surface area contributed by atoms with Crippen LogP contribution in [-0.2, 0) is 4.79 Å². The third kappa shape index (κ3) is 1.88. The Hall–Kier alpha value is -2.16. The van der Waals surface area contributed by atoms with Gasteiger partial charge >= 0.3 is 0 Å². The minimum absolute atomic E-state index is 0.00977. The number of rotatable bonds is 1. The number of hydrogen-bond donors (Lipinski definition) is 1. The molecule has 0 fully saturated rings. The molecule has 0 unspecified atom stereocenters. The summed E-state index contributed by atoms with van der Waals surface area (Å²) in [6.07, 6.45) is 0.405. The second kappa shape index (κ2) is 4.26. The first-order valence-corrected chi connectivity index (χ1v) is 5.88. The van der Waals surface area contributed by atoms with Gasteiger partial charge in [0.15, 0.2) is 0 Å². The average Bonchev–Trinajstić information content (AvgIpc) is 2.38. The summed E-state index contributed by atoms with van der Waals surface area (Å²) < 4.78 is 13.2. The van der Waals surface area contributed by atoms with E-state index in [0.717, 1.165) is 11.1 Å². The van der Waals surface area contributed by atoms with Crippen LogP contribution in [-0.4, -0.2) is 5.91 Å². The summed E-state index contributed by atoms with van der Waals surface area (Å²) in [6, 6.07) is 14.4. The fraction of sp³-hybridized carbons (Fsp3) is 0.133. The second-order valence-electron chi connectivity index (χ2n) is 4.45. The summed E-state index contributed by atoms with van der Waals surface area (Å²) in [6.45, 7) is 0. The lowest BCUT2D eigenvalue weighted by molar-refractivity contribution is -0.116. The third-order valence-corrected chi connectivity index (χ3v) is 3.26. The number of hydrogen-bond acceptors (Lipinski definition) is 1. The predicted octanol–water partition coefficient (Wildman–Crippen LogP) is 3.30. The lowest BCUT2D eigenvalue weighted by Gasteiger charge is -2.25. The number of carbonyl (C=O) groups is 1. The van der Waals surface area contributed by atoms with Crippen LogP contribution < -0.4 is 5.32 Å². The van der Waals surface area contributed by atoms with E-state index in [1.165, 1.54) is 12.1 Å². The van der Waals surface area contributed by atoms with E-state index in [9.17, 15) is 9.18 Å². The zero-order valence-corrected chi connectivity index (χ0v) is 9.69. The number of fused-ring (bicyclic) bond motifs is 1. The molecule has 3 heteroatoms. The predicted molar refractivity (Wildman–Crippen MR) is 67.9 cm³/mol. The van der Waals surface area contributed by atoms with Gasteiger partial charge in [-0.25, -0.2) is 4.39 Å². The molecule has 0 aliphatic carbocycles. The second-order valence-corrected chi connectivity index (χ2v) is 4.45. The molecule has 2 nitrogen and oxygen atoms in total. The number of benzene rings is 2. The Balaban J connectivity index is 2.10. The highest BCUT2D eigenvalue weighted by molar-refractivity contribution is 5.95. The summed E-state index contributed by atoms with van der Waals surface area (Å²) in [5.41, 5.74) is 2.64. The van der Waals surface area contributed by atoms with Crippen LogP contribution in [0, 0.1) is 5.82 Å². The molecular formula is C15H12FNO.